The van der Waals surface area contributed by atoms with E-state index in [0.717, 1.165) is 17.0 Å². The van der Waals surface area contributed by atoms with Gasteiger partial charge in [0.15, 0.2) is 0 Å². The van der Waals surface area contributed by atoms with Crippen LogP contribution in [0.25, 0.3) is 0 Å². The van der Waals surface area contributed by atoms with Crippen LogP contribution < -0.4 is 10.1 Å². The van der Waals surface area contributed by atoms with E-state index in [-0.39, 0.29) is 5.56 Å². The number of carboxylic acids is 1. The molecule has 6 heteroatoms. The Morgan fingerprint density at radius 1 is 1.50 bits per heavy atom. The smallest absolute Gasteiger partial charge is 0.339 e. The fraction of sp³-hybridized carbons (Fsp3) is 0.286. The normalized spacial score (nSPS) is 10.3. The number of nitrogens with one attached hydrogen (secondary N) is 1. The van der Waals surface area contributed by atoms with Gasteiger partial charge in [0.1, 0.15) is 11.3 Å². The van der Waals surface area contributed by atoms with Crippen molar-refractivity contribution in [3.8, 4) is 5.75 Å². The zero-order valence-corrected chi connectivity index (χ0v) is 11.7. The molecule has 20 heavy (non-hydrogen) atoms. The van der Waals surface area contributed by atoms with E-state index in [1.807, 2.05) is 25.1 Å². The third kappa shape index (κ3) is 2.74. The van der Waals surface area contributed by atoms with Gasteiger partial charge in [-0.3, -0.25) is 4.68 Å². The molecule has 2 rings (SSSR count). The fourth-order valence-corrected chi connectivity index (χ4v) is 1.99. The summed E-state index contributed by atoms with van der Waals surface area (Å²) in [6, 6.07) is 5.78. The number of hydrogen-bond acceptors (Lipinski definition) is 4. The second-order valence-corrected chi connectivity index (χ2v) is 4.49. The Balaban J connectivity index is 2.23. The molecule has 1 aromatic carbocycles. The number of aromatic carboxylic acids is 1. The highest BCUT2D eigenvalue weighted by Gasteiger charge is 2.15. The largest absolute Gasteiger partial charge is 0.495 e. The number of methoxy groups -OCH3 is 1. The minimum Gasteiger partial charge on any atom is -0.495 e. The molecule has 106 valence electrons. The number of aromatic nitrogens is 2. The Kier molecular flexibility index (Phi) is 3.93. The first-order valence-electron chi connectivity index (χ1n) is 6.15. The summed E-state index contributed by atoms with van der Waals surface area (Å²) in [4.78, 5) is 11.1. The van der Waals surface area contributed by atoms with Gasteiger partial charge < -0.3 is 15.2 Å². The second kappa shape index (κ2) is 5.64. The van der Waals surface area contributed by atoms with E-state index in [1.165, 1.54) is 6.20 Å². The topological polar surface area (TPSA) is 76.4 Å². The maximum absolute atomic E-state index is 11.1. The van der Waals surface area contributed by atoms with Gasteiger partial charge in [-0.25, -0.2) is 4.79 Å². The van der Waals surface area contributed by atoms with E-state index in [0.29, 0.717) is 12.2 Å². The lowest BCUT2D eigenvalue weighted by Gasteiger charge is -2.12. The van der Waals surface area contributed by atoms with Crippen molar-refractivity contribution in [1.82, 2.24) is 9.78 Å². The highest BCUT2D eigenvalue weighted by atomic mass is 16.5. The maximum Gasteiger partial charge on any atom is 0.339 e. The number of carboxylic acid groups (broad SMARTS) is 1. The zero-order chi connectivity index (χ0) is 14.7. The third-order valence-corrected chi connectivity index (χ3v) is 3.09. The Morgan fingerprint density at radius 2 is 2.25 bits per heavy atom. The van der Waals surface area contributed by atoms with Gasteiger partial charge in [0.25, 0.3) is 0 Å². The van der Waals surface area contributed by atoms with Gasteiger partial charge in [-0.1, -0.05) is 6.07 Å². The summed E-state index contributed by atoms with van der Waals surface area (Å²) in [5.41, 5.74) is 2.73. The summed E-state index contributed by atoms with van der Waals surface area (Å²) in [6.07, 6.45) is 1.35. The molecule has 0 atom stereocenters. The van der Waals surface area contributed by atoms with E-state index >= 15 is 0 Å². The molecule has 6 nitrogen and oxygen atoms in total. The minimum atomic E-state index is -0.980. The monoisotopic (exact) mass is 275 g/mol. The summed E-state index contributed by atoms with van der Waals surface area (Å²) >= 11 is 0. The molecule has 0 radical (unpaired) electrons. The van der Waals surface area contributed by atoms with Gasteiger partial charge in [-0.15, -0.1) is 0 Å². The number of ether oxygens (including phenoxy) is 1. The Labute approximate surface area is 117 Å². The Hall–Kier alpha value is -2.50. The number of anilines is 1. The van der Waals surface area contributed by atoms with Crippen molar-refractivity contribution in [2.75, 3.05) is 12.4 Å². The summed E-state index contributed by atoms with van der Waals surface area (Å²) in [7, 11) is 3.32. The van der Waals surface area contributed by atoms with Crippen LogP contribution in [0.4, 0.5) is 5.69 Å². The lowest BCUT2D eigenvalue weighted by Crippen LogP contribution is -2.10. The van der Waals surface area contributed by atoms with E-state index in [1.54, 1.807) is 18.8 Å². The number of rotatable bonds is 5. The fourth-order valence-electron chi connectivity index (χ4n) is 1.99. The molecule has 0 aliphatic carbocycles. The van der Waals surface area contributed by atoms with Crippen molar-refractivity contribution >= 4 is 11.7 Å². The summed E-state index contributed by atoms with van der Waals surface area (Å²) in [6.45, 7) is 2.34. The summed E-state index contributed by atoms with van der Waals surface area (Å²) < 4.78 is 6.83. The van der Waals surface area contributed by atoms with Crippen LogP contribution in [0.3, 0.4) is 0 Å². The van der Waals surface area contributed by atoms with Gasteiger partial charge in [-0.05, 0) is 24.6 Å². The Morgan fingerprint density at radius 3 is 2.90 bits per heavy atom. The highest BCUT2D eigenvalue weighted by molar-refractivity contribution is 5.88. The van der Waals surface area contributed by atoms with E-state index in [9.17, 15) is 4.79 Å². The summed E-state index contributed by atoms with van der Waals surface area (Å²) in [5, 5.41) is 16.3. The molecule has 0 aliphatic heterocycles. The number of carbonyl (C=O) groups is 1. The van der Waals surface area contributed by atoms with Crippen molar-refractivity contribution in [3.05, 3.63) is 41.2 Å². The molecule has 0 fully saturated rings. The van der Waals surface area contributed by atoms with Gasteiger partial charge in [0.2, 0.25) is 0 Å². The molecule has 0 amide bonds. The first-order valence-corrected chi connectivity index (χ1v) is 6.15. The van der Waals surface area contributed by atoms with Gasteiger partial charge in [0.05, 0.1) is 31.2 Å². The van der Waals surface area contributed by atoms with Crippen LogP contribution in [-0.4, -0.2) is 28.0 Å². The average Bonchev–Trinajstić information content (AvgIpc) is 2.78. The van der Waals surface area contributed by atoms with Crippen LogP contribution >= 0.6 is 0 Å². The number of nitrogens with zero attached hydrogens (tertiary/aromatic N) is 2. The van der Waals surface area contributed by atoms with Crippen molar-refractivity contribution in [2.24, 2.45) is 7.05 Å². The molecule has 0 spiro atoms. The SMILES string of the molecule is COc1ccc(C)cc1NCc1c(C(=O)O)cnn1C. The van der Waals surface area contributed by atoms with Gasteiger partial charge in [-0.2, -0.15) is 5.10 Å². The van der Waals surface area contributed by atoms with Crippen LogP contribution in [-0.2, 0) is 13.6 Å². The van der Waals surface area contributed by atoms with Crippen LogP contribution in [0.1, 0.15) is 21.6 Å². The van der Waals surface area contributed by atoms with Crippen molar-refractivity contribution in [1.29, 1.82) is 0 Å². The quantitative estimate of drug-likeness (QED) is 0.873. The van der Waals surface area contributed by atoms with Crippen LogP contribution in [0.15, 0.2) is 24.4 Å². The number of benzene rings is 1. The van der Waals surface area contributed by atoms with Crippen LogP contribution in [0.2, 0.25) is 0 Å². The minimum absolute atomic E-state index is 0.201. The number of aryl methyl sites for hydroxylation is 2. The average molecular weight is 275 g/mol. The summed E-state index contributed by atoms with van der Waals surface area (Å²) in [5.74, 6) is -0.263. The molecule has 0 unspecified atom stereocenters. The third-order valence-electron chi connectivity index (χ3n) is 3.09. The van der Waals surface area contributed by atoms with Crippen LogP contribution in [0.5, 0.6) is 5.75 Å². The second-order valence-electron chi connectivity index (χ2n) is 4.49. The molecule has 1 aromatic heterocycles. The lowest BCUT2D eigenvalue weighted by atomic mass is 10.2. The predicted molar refractivity (Wildman–Crippen MR) is 75.2 cm³/mol. The molecule has 2 aromatic rings. The van der Waals surface area contributed by atoms with E-state index < -0.39 is 5.97 Å². The van der Waals surface area contributed by atoms with Crippen molar-refractivity contribution in [2.45, 2.75) is 13.5 Å². The molecule has 2 N–H and O–H groups in total. The molecule has 0 saturated heterocycles. The molecular formula is C14H17N3O3. The standard InChI is InChI=1S/C14H17N3O3/c1-9-4-5-13(20-3)11(6-9)15-8-12-10(14(18)19)7-16-17(12)2/h4-7,15H,8H2,1-3H3,(H,18,19). The first-order chi connectivity index (χ1) is 9.52. The van der Waals surface area contributed by atoms with Crippen LogP contribution in [0, 0.1) is 6.92 Å². The van der Waals surface area contributed by atoms with Crippen molar-refractivity contribution in [3.63, 3.8) is 0 Å². The Bertz CT molecular complexity index is 635. The van der Waals surface area contributed by atoms with E-state index in [4.69, 9.17) is 9.84 Å². The molecule has 0 saturated carbocycles. The maximum atomic E-state index is 11.1. The predicted octanol–water partition coefficient (Wildman–Crippen LogP) is 2.05. The van der Waals surface area contributed by atoms with Gasteiger partial charge >= 0.3 is 5.97 Å². The molecule has 0 bridgehead atoms. The number of hydrogen-bond donors (Lipinski definition) is 2. The van der Waals surface area contributed by atoms with Gasteiger partial charge in [0, 0.05) is 7.05 Å². The van der Waals surface area contributed by atoms with E-state index in [2.05, 4.69) is 10.4 Å². The lowest BCUT2D eigenvalue weighted by molar-refractivity contribution is 0.0695. The molecule has 1 heterocycles. The highest BCUT2D eigenvalue weighted by Crippen LogP contribution is 2.26. The molecule has 0 aliphatic rings. The van der Waals surface area contributed by atoms with Crippen molar-refractivity contribution < 1.29 is 14.6 Å². The molecular weight excluding hydrogens is 258 g/mol. The zero-order valence-electron chi connectivity index (χ0n) is 11.7. The first kappa shape index (κ1) is 13.9.